The van der Waals surface area contributed by atoms with Crippen molar-refractivity contribution in [2.45, 2.75) is 206 Å². The van der Waals surface area contributed by atoms with Gasteiger partial charge in [0.1, 0.15) is 0 Å². The van der Waals surface area contributed by atoms with Crippen LogP contribution in [0.3, 0.4) is 0 Å². The molecule has 0 fully saturated rings. The van der Waals surface area contributed by atoms with Crippen LogP contribution in [0.5, 0.6) is 0 Å². The summed E-state index contributed by atoms with van der Waals surface area (Å²) >= 11 is 0. The summed E-state index contributed by atoms with van der Waals surface area (Å²) in [6.07, 6.45) is 42.0. The summed E-state index contributed by atoms with van der Waals surface area (Å²) in [5, 5.41) is 8.45. The highest BCUT2D eigenvalue weighted by Crippen LogP contribution is 2.48. The van der Waals surface area contributed by atoms with Gasteiger partial charge in [0.25, 0.3) is 0 Å². The van der Waals surface area contributed by atoms with E-state index in [9.17, 15) is 0 Å². The lowest BCUT2D eigenvalue weighted by molar-refractivity contribution is 0.535. The molecule has 0 saturated carbocycles. The van der Waals surface area contributed by atoms with Gasteiger partial charge in [0.2, 0.25) is 0 Å². The van der Waals surface area contributed by atoms with Crippen molar-refractivity contribution in [1.82, 2.24) is 0 Å². The lowest BCUT2D eigenvalue weighted by atomic mass is 9.97. The van der Waals surface area contributed by atoms with Crippen molar-refractivity contribution in [2.24, 2.45) is 0 Å². The van der Waals surface area contributed by atoms with Crippen LogP contribution in [0.15, 0.2) is 84.9 Å². The zero-order valence-electron chi connectivity index (χ0n) is 37.3. The topological polar surface area (TPSA) is 0 Å². The van der Waals surface area contributed by atoms with E-state index >= 15 is 0 Å². The molecule has 0 bridgehead atoms. The molecule has 0 atom stereocenters. The zero-order chi connectivity index (χ0) is 40.0. The maximum Gasteiger partial charge on any atom is -0.00139 e. The average Bonchev–Trinajstić information content (AvgIpc) is 3.64. The number of hydrogen-bond acceptors (Lipinski definition) is 0. The first-order chi connectivity index (χ1) is 28.8. The van der Waals surface area contributed by atoms with Gasteiger partial charge in [-0.2, -0.15) is 0 Å². The molecule has 0 nitrogen and oxygen atoms in total. The number of benzene rings is 2. The second kappa shape index (κ2) is 25.3. The van der Waals surface area contributed by atoms with Crippen molar-refractivity contribution >= 4 is 32.3 Å². The Morgan fingerprint density at radius 2 is 0.569 bits per heavy atom. The molecule has 0 N–H and O–H groups in total. The standard InChI is InChI=1S/C58H80/c1-3-5-7-9-11-13-15-17-19-21-23-25-27-29-33-47-37-41-49-45-55-53-35-31-32-36-54(53)56-46-50-42-38-48(40-44-52(50)58(56)57(55)51(49)43-39-47)34-30-28-26-24-22-20-18-16-14-12-10-8-6-4-2/h31-32,35-46H,3-30,33-34H2,1-2H3. The molecule has 0 radical (unpaired) electrons. The fourth-order valence-electron chi connectivity index (χ4n) is 10.0. The van der Waals surface area contributed by atoms with E-state index in [1.165, 1.54) is 258 Å². The van der Waals surface area contributed by atoms with Crippen molar-refractivity contribution in [1.29, 1.82) is 0 Å². The molecule has 2 aromatic carbocycles. The third kappa shape index (κ3) is 13.1. The Bertz CT molecular complexity index is 1830. The fourth-order valence-corrected chi connectivity index (χ4v) is 10.0. The van der Waals surface area contributed by atoms with Crippen molar-refractivity contribution in [3.05, 3.63) is 96.1 Å². The minimum absolute atomic E-state index is 1.18. The van der Waals surface area contributed by atoms with E-state index in [1.54, 1.807) is 0 Å². The van der Waals surface area contributed by atoms with Gasteiger partial charge >= 0.3 is 0 Å². The Labute approximate surface area is 355 Å². The number of aryl methyl sites for hydroxylation is 2. The fraction of sp³-hybridized carbons (Fsp3) is 0.552. The minimum atomic E-state index is 1.18. The van der Waals surface area contributed by atoms with Gasteiger partial charge in [-0.15, -0.1) is 0 Å². The van der Waals surface area contributed by atoms with Crippen molar-refractivity contribution in [3.8, 4) is 22.3 Å². The normalized spacial score (nSPS) is 12.0. The van der Waals surface area contributed by atoms with Crippen LogP contribution in [-0.4, -0.2) is 0 Å². The van der Waals surface area contributed by atoms with E-state index in [0.29, 0.717) is 0 Å². The van der Waals surface area contributed by atoms with E-state index in [0.717, 1.165) is 0 Å². The van der Waals surface area contributed by atoms with Gasteiger partial charge in [-0.05, 0) is 104 Å². The van der Waals surface area contributed by atoms with Crippen LogP contribution in [-0.2, 0) is 12.8 Å². The van der Waals surface area contributed by atoms with Crippen molar-refractivity contribution < 1.29 is 0 Å². The molecule has 0 spiro atoms. The van der Waals surface area contributed by atoms with E-state index in [2.05, 4.69) is 98.8 Å². The molecule has 0 aliphatic heterocycles. The van der Waals surface area contributed by atoms with Gasteiger partial charge < -0.3 is 0 Å². The number of unbranched alkanes of at least 4 members (excludes halogenated alkanes) is 26. The minimum Gasteiger partial charge on any atom is -0.0654 e. The second-order valence-corrected chi connectivity index (χ2v) is 18.3. The molecule has 0 amide bonds. The van der Waals surface area contributed by atoms with Gasteiger partial charge in [0.05, 0.1) is 0 Å². The molecular weight excluding hydrogens is 697 g/mol. The summed E-state index contributed by atoms with van der Waals surface area (Å²) in [4.78, 5) is 0. The molecule has 4 aliphatic carbocycles. The summed E-state index contributed by atoms with van der Waals surface area (Å²) < 4.78 is 0. The van der Waals surface area contributed by atoms with Gasteiger partial charge in [-0.1, -0.05) is 254 Å². The van der Waals surface area contributed by atoms with Crippen LogP contribution in [0.4, 0.5) is 0 Å². The quantitative estimate of drug-likeness (QED) is 0.0400. The average molecular weight is 777 g/mol. The lowest BCUT2D eigenvalue weighted by Crippen LogP contribution is -1.85. The first kappa shape index (κ1) is 44.2. The van der Waals surface area contributed by atoms with Gasteiger partial charge in [-0.25, -0.2) is 0 Å². The molecule has 2 aromatic rings. The molecule has 0 heteroatoms. The summed E-state index contributed by atoms with van der Waals surface area (Å²) in [6.45, 7) is 4.61. The molecule has 0 saturated heterocycles. The zero-order valence-corrected chi connectivity index (χ0v) is 37.3. The molecule has 312 valence electrons. The summed E-state index contributed by atoms with van der Waals surface area (Å²) in [7, 11) is 0. The van der Waals surface area contributed by atoms with Crippen LogP contribution >= 0.6 is 0 Å². The van der Waals surface area contributed by atoms with Crippen molar-refractivity contribution in [3.63, 3.8) is 0 Å². The summed E-state index contributed by atoms with van der Waals surface area (Å²) in [5.74, 6) is 0. The Hall–Kier alpha value is -3.38. The maximum atomic E-state index is 2.48. The van der Waals surface area contributed by atoms with E-state index < -0.39 is 0 Å². The van der Waals surface area contributed by atoms with E-state index in [1.807, 2.05) is 0 Å². The number of rotatable bonds is 30. The third-order valence-corrected chi connectivity index (χ3v) is 13.6. The highest BCUT2D eigenvalue weighted by molar-refractivity contribution is 6.34. The number of fused-ring (bicyclic) bond motifs is 10. The van der Waals surface area contributed by atoms with Crippen molar-refractivity contribution in [2.75, 3.05) is 0 Å². The van der Waals surface area contributed by atoms with Crippen LogP contribution in [0.2, 0.25) is 0 Å². The Morgan fingerprint density at radius 3 is 0.897 bits per heavy atom. The predicted molar refractivity (Wildman–Crippen MR) is 260 cm³/mol. The SMILES string of the molecule is CCCCCCCCCCCCCCCCc1ccc2cc3c4ccccc4c4cc5ccc(CCCCCCCCCCCCCCCC)ccc-5c4c3c-2cc1. The molecule has 4 aliphatic rings. The van der Waals surface area contributed by atoms with E-state index in [4.69, 9.17) is 0 Å². The first-order valence-corrected chi connectivity index (χ1v) is 25.0. The third-order valence-electron chi connectivity index (χ3n) is 13.6. The molecular formula is C58H80. The Kier molecular flexibility index (Phi) is 19.3. The maximum absolute atomic E-state index is 2.48. The number of hydrogen-bond donors (Lipinski definition) is 0. The van der Waals surface area contributed by atoms with Crippen LogP contribution in [0.25, 0.3) is 54.6 Å². The van der Waals surface area contributed by atoms with E-state index in [-0.39, 0.29) is 0 Å². The highest BCUT2D eigenvalue weighted by Gasteiger charge is 2.21. The smallest absolute Gasteiger partial charge is 0.00139 e. The highest BCUT2D eigenvalue weighted by atomic mass is 14.2. The molecule has 0 heterocycles. The summed E-state index contributed by atoms with van der Waals surface area (Å²) in [5.41, 5.74) is 8.50. The first-order valence-electron chi connectivity index (χ1n) is 25.0. The predicted octanol–water partition coefficient (Wildman–Crippen LogP) is 19.4. The molecule has 58 heavy (non-hydrogen) atoms. The lowest BCUT2D eigenvalue weighted by Gasteiger charge is -2.06. The Morgan fingerprint density at radius 1 is 0.276 bits per heavy atom. The monoisotopic (exact) mass is 777 g/mol. The van der Waals surface area contributed by atoms with Crippen LogP contribution in [0, 0.1) is 0 Å². The van der Waals surface area contributed by atoms with Gasteiger partial charge in [-0.3, -0.25) is 0 Å². The van der Waals surface area contributed by atoms with Crippen LogP contribution < -0.4 is 0 Å². The summed E-state index contributed by atoms with van der Waals surface area (Å²) in [6, 6.07) is 33.5. The second-order valence-electron chi connectivity index (χ2n) is 18.3. The molecule has 0 aromatic heterocycles. The molecule has 6 rings (SSSR count). The largest absolute Gasteiger partial charge is 0.0654 e. The molecule has 0 unspecified atom stereocenters. The van der Waals surface area contributed by atoms with Gasteiger partial charge in [0.15, 0.2) is 0 Å². The van der Waals surface area contributed by atoms with Gasteiger partial charge in [0, 0.05) is 0 Å². The van der Waals surface area contributed by atoms with Crippen LogP contribution in [0.1, 0.15) is 205 Å². The Balaban J connectivity index is 1.02.